The number of amides is 2. The zero-order chi connectivity index (χ0) is 14.5. The molecule has 108 valence electrons. The van der Waals surface area contributed by atoms with E-state index in [-0.39, 0.29) is 6.03 Å². The Balaban J connectivity index is 1.56. The summed E-state index contributed by atoms with van der Waals surface area (Å²) in [6.07, 6.45) is 3.24. The van der Waals surface area contributed by atoms with Crippen molar-refractivity contribution < 1.29 is 14.3 Å². The number of urea groups is 1. The van der Waals surface area contributed by atoms with Crippen LogP contribution in [0.3, 0.4) is 0 Å². The number of ether oxygens (including phenoxy) is 2. The molecular formula is C15H15N3O3. The summed E-state index contributed by atoms with van der Waals surface area (Å²) in [5, 5.41) is 5.52. The molecule has 1 aliphatic heterocycles. The maximum atomic E-state index is 11.8. The van der Waals surface area contributed by atoms with E-state index in [4.69, 9.17) is 9.47 Å². The molecule has 0 atom stereocenters. The Bertz CT molecular complexity index is 631. The van der Waals surface area contributed by atoms with Crippen LogP contribution in [0.1, 0.15) is 5.56 Å². The molecule has 0 spiro atoms. The minimum atomic E-state index is -0.268. The van der Waals surface area contributed by atoms with Crippen LogP contribution in [0.5, 0.6) is 11.5 Å². The summed E-state index contributed by atoms with van der Waals surface area (Å²) in [4.78, 5) is 15.7. The highest BCUT2D eigenvalue weighted by Gasteiger charge is 2.11. The van der Waals surface area contributed by atoms with Crippen molar-refractivity contribution in [3.05, 3.63) is 48.3 Å². The third-order valence-electron chi connectivity index (χ3n) is 3.00. The van der Waals surface area contributed by atoms with Crippen molar-refractivity contribution in [2.45, 2.75) is 6.54 Å². The molecule has 2 heterocycles. The fraction of sp³-hybridized carbons (Fsp3) is 0.200. The summed E-state index contributed by atoms with van der Waals surface area (Å²) in [7, 11) is 0. The van der Waals surface area contributed by atoms with E-state index in [1.807, 2.05) is 18.2 Å². The quantitative estimate of drug-likeness (QED) is 0.906. The SMILES string of the molecule is O=C(NCc1ccc2c(c1)OCCO2)Nc1ccncc1. The van der Waals surface area contributed by atoms with Crippen molar-refractivity contribution in [2.24, 2.45) is 0 Å². The van der Waals surface area contributed by atoms with Gasteiger partial charge < -0.3 is 20.1 Å². The second-order valence-corrected chi connectivity index (χ2v) is 4.52. The first-order valence-corrected chi connectivity index (χ1v) is 6.65. The van der Waals surface area contributed by atoms with Crippen LogP contribution in [0.15, 0.2) is 42.7 Å². The Morgan fingerprint density at radius 1 is 1.10 bits per heavy atom. The number of anilines is 1. The first kappa shape index (κ1) is 13.2. The van der Waals surface area contributed by atoms with E-state index < -0.39 is 0 Å². The summed E-state index contributed by atoms with van der Waals surface area (Å²) in [6, 6.07) is 8.82. The average molecular weight is 285 g/mol. The normalized spacial score (nSPS) is 12.6. The van der Waals surface area contributed by atoms with E-state index >= 15 is 0 Å². The van der Waals surface area contributed by atoms with Gasteiger partial charge in [-0.15, -0.1) is 0 Å². The van der Waals surface area contributed by atoms with Gasteiger partial charge in [0.1, 0.15) is 13.2 Å². The highest BCUT2D eigenvalue weighted by atomic mass is 16.6. The number of rotatable bonds is 3. The standard InChI is InChI=1S/C15H15N3O3/c19-15(18-12-3-5-16-6-4-12)17-10-11-1-2-13-14(9-11)21-8-7-20-13/h1-6,9H,7-8,10H2,(H2,16,17,18,19). The molecule has 0 bridgehead atoms. The van der Waals surface area contributed by atoms with Gasteiger partial charge in [-0.2, -0.15) is 0 Å². The van der Waals surface area contributed by atoms with Gasteiger partial charge in [-0.3, -0.25) is 4.98 Å². The maximum Gasteiger partial charge on any atom is 0.319 e. The Kier molecular flexibility index (Phi) is 3.86. The Morgan fingerprint density at radius 2 is 1.86 bits per heavy atom. The number of nitrogens with one attached hydrogen (secondary N) is 2. The van der Waals surface area contributed by atoms with Gasteiger partial charge in [0.05, 0.1) is 0 Å². The molecule has 1 aliphatic rings. The van der Waals surface area contributed by atoms with Crippen LogP contribution in [-0.4, -0.2) is 24.2 Å². The van der Waals surface area contributed by atoms with Crippen molar-refractivity contribution in [1.82, 2.24) is 10.3 Å². The molecule has 1 aromatic heterocycles. The molecule has 0 radical (unpaired) electrons. The van der Waals surface area contributed by atoms with Crippen LogP contribution in [0.4, 0.5) is 10.5 Å². The lowest BCUT2D eigenvalue weighted by Crippen LogP contribution is -2.28. The van der Waals surface area contributed by atoms with Crippen molar-refractivity contribution in [3.8, 4) is 11.5 Å². The fourth-order valence-electron chi connectivity index (χ4n) is 1.99. The molecular weight excluding hydrogens is 270 g/mol. The molecule has 21 heavy (non-hydrogen) atoms. The van der Waals surface area contributed by atoms with Crippen molar-refractivity contribution >= 4 is 11.7 Å². The summed E-state index contributed by atoms with van der Waals surface area (Å²) in [6.45, 7) is 1.53. The van der Waals surface area contributed by atoms with Crippen molar-refractivity contribution in [2.75, 3.05) is 18.5 Å². The molecule has 0 saturated carbocycles. The molecule has 2 N–H and O–H groups in total. The second kappa shape index (κ2) is 6.13. The van der Waals surface area contributed by atoms with Gasteiger partial charge in [0.2, 0.25) is 0 Å². The highest BCUT2D eigenvalue weighted by Crippen LogP contribution is 2.30. The van der Waals surface area contributed by atoms with E-state index in [1.54, 1.807) is 24.5 Å². The lowest BCUT2D eigenvalue weighted by atomic mass is 10.2. The van der Waals surface area contributed by atoms with E-state index in [9.17, 15) is 4.79 Å². The maximum absolute atomic E-state index is 11.8. The van der Waals surface area contributed by atoms with Gasteiger partial charge in [0.15, 0.2) is 11.5 Å². The smallest absolute Gasteiger partial charge is 0.319 e. The summed E-state index contributed by atoms with van der Waals surface area (Å²) >= 11 is 0. The van der Waals surface area contributed by atoms with Gasteiger partial charge in [-0.25, -0.2) is 4.79 Å². The van der Waals surface area contributed by atoms with E-state index in [0.717, 1.165) is 17.1 Å². The van der Waals surface area contributed by atoms with Crippen LogP contribution < -0.4 is 20.1 Å². The Labute approximate surface area is 122 Å². The second-order valence-electron chi connectivity index (χ2n) is 4.52. The molecule has 1 aromatic carbocycles. The molecule has 0 aliphatic carbocycles. The first-order valence-electron chi connectivity index (χ1n) is 6.65. The number of benzene rings is 1. The highest BCUT2D eigenvalue weighted by molar-refractivity contribution is 5.89. The molecule has 0 fully saturated rings. The lowest BCUT2D eigenvalue weighted by molar-refractivity contribution is 0.171. The summed E-state index contributed by atoms with van der Waals surface area (Å²) < 4.78 is 11.0. The van der Waals surface area contributed by atoms with Gasteiger partial charge in [0, 0.05) is 24.6 Å². The molecule has 0 unspecified atom stereocenters. The van der Waals surface area contributed by atoms with Crippen molar-refractivity contribution in [1.29, 1.82) is 0 Å². The number of hydrogen-bond acceptors (Lipinski definition) is 4. The molecule has 3 rings (SSSR count). The van der Waals surface area contributed by atoms with E-state index in [2.05, 4.69) is 15.6 Å². The van der Waals surface area contributed by atoms with Gasteiger partial charge >= 0.3 is 6.03 Å². The van der Waals surface area contributed by atoms with E-state index in [0.29, 0.717) is 25.4 Å². The number of hydrogen-bond donors (Lipinski definition) is 2. The van der Waals surface area contributed by atoms with Gasteiger partial charge in [-0.1, -0.05) is 6.07 Å². The molecule has 2 aromatic rings. The molecule has 2 amide bonds. The average Bonchev–Trinajstić information content (AvgIpc) is 2.54. The van der Waals surface area contributed by atoms with Crippen molar-refractivity contribution in [3.63, 3.8) is 0 Å². The van der Waals surface area contributed by atoms with Crippen LogP contribution >= 0.6 is 0 Å². The fourth-order valence-corrected chi connectivity index (χ4v) is 1.99. The monoisotopic (exact) mass is 285 g/mol. The van der Waals surface area contributed by atoms with E-state index in [1.165, 1.54) is 0 Å². The first-order chi connectivity index (χ1) is 10.3. The van der Waals surface area contributed by atoms with Crippen LogP contribution in [0.25, 0.3) is 0 Å². The van der Waals surface area contributed by atoms with Gasteiger partial charge in [-0.05, 0) is 29.8 Å². The number of pyridine rings is 1. The Hall–Kier alpha value is -2.76. The lowest BCUT2D eigenvalue weighted by Gasteiger charge is -2.19. The molecule has 6 heteroatoms. The predicted molar refractivity (Wildman–Crippen MR) is 77.5 cm³/mol. The molecule has 0 saturated heterocycles. The Morgan fingerprint density at radius 3 is 2.67 bits per heavy atom. The van der Waals surface area contributed by atoms with Crippen LogP contribution in [0, 0.1) is 0 Å². The number of carbonyl (C=O) groups excluding carboxylic acids is 1. The summed E-state index contributed by atoms with van der Waals surface area (Å²) in [5.74, 6) is 1.46. The number of aromatic nitrogens is 1. The zero-order valence-corrected chi connectivity index (χ0v) is 11.3. The topological polar surface area (TPSA) is 72.5 Å². The predicted octanol–water partition coefficient (Wildman–Crippen LogP) is 2.17. The minimum Gasteiger partial charge on any atom is -0.486 e. The van der Waals surface area contributed by atoms with Gasteiger partial charge in [0.25, 0.3) is 0 Å². The van der Waals surface area contributed by atoms with Crippen LogP contribution in [0.2, 0.25) is 0 Å². The third kappa shape index (κ3) is 3.42. The summed E-state index contributed by atoms with van der Waals surface area (Å²) in [5.41, 5.74) is 1.65. The molecule has 6 nitrogen and oxygen atoms in total. The zero-order valence-electron chi connectivity index (χ0n) is 11.3. The van der Waals surface area contributed by atoms with Crippen LogP contribution in [-0.2, 0) is 6.54 Å². The number of nitrogens with zero attached hydrogens (tertiary/aromatic N) is 1. The number of carbonyl (C=O) groups is 1. The number of fused-ring (bicyclic) bond motifs is 1. The largest absolute Gasteiger partial charge is 0.486 e. The third-order valence-corrected chi connectivity index (χ3v) is 3.00. The minimum absolute atomic E-state index is 0.268.